The second kappa shape index (κ2) is 5.98. The molecular weight excluding hydrogens is 426 g/mol. The molecule has 1 fully saturated rings. The number of carboxylic acid groups (broad SMARTS) is 1. The van der Waals surface area contributed by atoms with Crippen LogP contribution in [0.3, 0.4) is 0 Å². The second-order valence-corrected chi connectivity index (χ2v) is 8.76. The van der Waals surface area contributed by atoms with Crippen LogP contribution < -0.4 is 0 Å². The Kier molecular flexibility index (Phi) is 4.82. The van der Waals surface area contributed by atoms with E-state index in [0.29, 0.717) is 15.4 Å². The van der Waals surface area contributed by atoms with E-state index in [4.69, 9.17) is 0 Å². The third-order valence-electron chi connectivity index (χ3n) is 3.71. The predicted octanol–water partition coefficient (Wildman–Crippen LogP) is 3.00. The monoisotopic (exact) mass is 439 g/mol. The minimum Gasteiger partial charge on any atom is -0.480 e. The first-order valence-electron chi connectivity index (χ1n) is 6.36. The van der Waals surface area contributed by atoms with E-state index in [-0.39, 0.29) is 17.4 Å². The maximum atomic E-state index is 12.8. The van der Waals surface area contributed by atoms with Gasteiger partial charge in [-0.1, -0.05) is 22.9 Å². The fourth-order valence-corrected chi connectivity index (χ4v) is 5.83. The summed E-state index contributed by atoms with van der Waals surface area (Å²) in [6.07, 6.45) is 0.543. The third kappa shape index (κ3) is 3.04. The minimum atomic E-state index is -3.86. The molecule has 1 aliphatic rings. The molecule has 1 N–H and O–H groups in total. The van der Waals surface area contributed by atoms with Crippen molar-refractivity contribution in [2.24, 2.45) is 5.92 Å². The maximum Gasteiger partial charge on any atom is 0.322 e. The molecule has 1 aromatic carbocycles. The van der Waals surface area contributed by atoms with Crippen molar-refractivity contribution < 1.29 is 18.3 Å². The van der Waals surface area contributed by atoms with Crippen LogP contribution in [0.1, 0.15) is 18.9 Å². The lowest BCUT2D eigenvalue weighted by Gasteiger charge is -2.23. The van der Waals surface area contributed by atoms with E-state index in [1.807, 2.05) is 6.92 Å². The first-order valence-corrected chi connectivity index (χ1v) is 9.39. The quantitative estimate of drug-likeness (QED) is 0.783. The molecule has 21 heavy (non-hydrogen) atoms. The van der Waals surface area contributed by atoms with Gasteiger partial charge in [-0.25, -0.2) is 8.42 Å². The summed E-state index contributed by atoms with van der Waals surface area (Å²) >= 11 is 6.58. The highest BCUT2D eigenvalue weighted by molar-refractivity contribution is 9.11. The Morgan fingerprint density at radius 3 is 2.52 bits per heavy atom. The van der Waals surface area contributed by atoms with E-state index in [2.05, 4.69) is 31.9 Å². The number of hydrogen-bond acceptors (Lipinski definition) is 3. The zero-order valence-corrected chi connectivity index (χ0v) is 15.5. The normalized spacial score (nSPS) is 23.4. The molecule has 2 rings (SSSR count). The molecule has 0 spiro atoms. The van der Waals surface area contributed by atoms with E-state index >= 15 is 0 Å². The van der Waals surface area contributed by atoms with Gasteiger partial charge in [0.1, 0.15) is 6.04 Å². The van der Waals surface area contributed by atoms with Crippen LogP contribution in [-0.2, 0) is 14.8 Å². The van der Waals surface area contributed by atoms with E-state index in [1.54, 1.807) is 13.0 Å². The number of carboxylic acids is 1. The van der Waals surface area contributed by atoms with Gasteiger partial charge in [-0.15, -0.1) is 0 Å². The highest BCUT2D eigenvalue weighted by atomic mass is 79.9. The Bertz CT molecular complexity index is 690. The standard InChI is InChI=1S/C13H15Br2NO4S/c1-7-3-4-16(12(7)13(17)18)21(19,20)11-6-9(14)8(2)5-10(11)15/h5-7,12H,3-4H2,1-2H3,(H,17,18). The largest absolute Gasteiger partial charge is 0.480 e. The first kappa shape index (κ1) is 16.9. The van der Waals surface area contributed by atoms with Gasteiger partial charge in [0, 0.05) is 15.5 Å². The molecule has 2 atom stereocenters. The van der Waals surface area contributed by atoms with Crippen LogP contribution in [0.5, 0.6) is 0 Å². The van der Waals surface area contributed by atoms with E-state index in [0.717, 1.165) is 9.87 Å². The summed E-state index contributed by atoms with van der Waals surface area (Å²) in [6.45, 7) is 3.83. The Balaban J connectivity index is 2.52. The molecular formula is C13H15Br2NO4S. The number of halogens is 2. The lowest BCUT2D eigenvalue weighted by atomic mass is 10.0. The molecule has 1 heterocycles. The predicted molar refractivity (Wildman–Crippen MR) is 85.7 cm³/mol. The third-order valence-corrected chi connectivity index (χ3v) is 7.40. The molecule has 8 heteroatoms. The fraction of sp³-hybridized carbons (Fsp3) is 0.462. The van der Waals surface area contributed by atoms with Gasteiger partial charge in [-0.2, -0.15) is 4.31 Å². The SMILES string of the molecule is Cc1cc(Br)c(S(=O)(=O)N2CCC(C)C2C(=O)O)cc1Br. The van der Waals surface area contributed by atoms with Crippen LogP contribution in [0, 0.1) is 12.8 Å². The Morgan fingerprint density at radius 2 is 1.95 bits per heavy atom. The van der Waals surface area contributed by atoms with Gasteiger partial charge >= 0.3 is 5.97 Å². The summed E-state index contributed by atoms with van der Waals surface area (Å²) in [5, 5.41) is 9.31. The number of nitrogens with zero attached hydrogens (tertiary/aromatic N) is 1. The maximum absolute atomic E-state index is 12.8. The van der Waals surface area contributed by atoms with Gasteiger partial charge in [0.05, 0.1) is 4.90 Å². The highest BCUT2D eigenvalue weighted by Crippen LogP contribution is 2.35. The summed E-state index contributed by atoms with van der Waals surface area (Å²) in [6, 6.07) is 2.20. The van der Waals surface area contributed by atoms with Crippen molar-refractivity contribution in [2.45, 2.75) is 31.2 Å². The number of carbonyl (C=O) groups is 1. The summed E-state index contributed by atoms with van der Waals surface area (Å²) < 4.78 is 27.8. The second-order valence-electron chi connectivity index (χ2n) is 5.20. The molecule has 1 aliphatic heterocycles. The molecule has 0 amide bonds. The minimum absolute atomic E-state index is 0.0836. The van der Waals surface area contributed by atoms with Crippen molar-refractivity contribution in [2.75, 3.05) is 6.54 Å². The molecule has 0 aliphatic carbocycles. The Hall–Kier alpha value is -0.440. The fourth-order valence-electron chi connectivity index (χ4n) is 2.50. The average Bonchev–Trinajstić information content (AvgIpc) is 2.76. The van der Waals surface area contributed by atoms with Gasteiger partial charge < -0.3 is 5.11 Å². The van der Waals surface area contributed by atoms with Crippen LogP contribution >= 0.6 is 31.9 Å². The van der Waals surface area contributed by atoms with Crippen LogP contribution in [0.15, 0.2) is 26.0 Å². The van der Waals surface area contributed by atoms with Gasteiger partial charge in [0.2, 0.25) is 10.0 Å². The van der Waals surface area contributed by atoms with Gasteiger partial charge in [-0.05, 0) is 52.9 Å². The molecule has 1 aromatic rings. The van der Waals surface area contributed by atoms with Gasteiger partial charge in [0.25, 0.3) is 0 Å². The number of aryl methyl sites for hydroxylation is 1. The number of benzene rings is 1. The van der Waals surface area contributed by atoms with E-state index in [1.165, 1.54) is 6.07 Å². The van der Waals surface area contributed by atoms with Crippen LogP contribution in [0.4, 0.5) is 0 Å². The summed E-state index contributed by atoms with van der Waals surface area (Å²) in [4.78, 5) is 11.5. The van der Waals surface area contributed by atoms with Gasteiger partial charge in [0.15, 0.2) is 0 Å². The van der Waals surface area contributed by atoms with Crippen molar-refractivity contribution in [3.8, 4) is 0 Å². The Labute approximate surface area is 140 Å². The summed E-state index contributed by atoms with van der Waals surface area (Å²) in [5.74, 6) is -1.31. The number of aliphatic carboxylic acids is 1. The molecule has 116 valence electrons. The van der Waals surface area contributed by atoms with Crippen molar-refractivity contribution >= 4 is 47.9 Å². The molecule has 1 saturated heterocycles. The van der Waals surface area contributed by atoms with Crippen molar-refractivity contribution in [3.63, 3.8) is 0 Å². The van der Waals surface area contributed by atoms with Crippen molar-refractivity contribution in [1.82, 2.24) is 4.31 Å². The van der Waals surface area contributed by atoms with Crippen molar-refractivity contribution in [1.29, 1.82) is 0 Å². The summed E-state index contributed by atoms with van der Waals surface area (Å²) in [7, 11) is -3.86. The highest BCUT2D eigenvalue weighted by Gasteiger charge is 2.44. The lowest BCUT2D eigenvalue weighted by Crippen LogP contribution is -2.42. The number of rotatable bonds is 3. The number of sulfonamides is 1. The lowest BCUT2D eigenvalue weighted by molar-refractivity contribution is -0.141. The van der Waals surface area contributed by atoms with Crippen LogP contribution in [0.2, 0.25) is 0 Å². The molecule has 0 saturated carbocycles. The topological polar surface area (TPSA) is 74.7 Å². The summed E-state index contributed by atoms with van der Waals surface area (Å²) in [5.41, 5.74) is 0.894. The number of hydrogen-bond donors (Lipinski definition) is 1. The van der Waals surface area contributed by atoms with E-state index in [9.17, 15) is 18.3 Å². The molecule has 5 nitrogen and oxygen atoms in total. The first-order chi connectivity index (χ1) is 9.66. The zero-order chi connectivity index (χ0) is 15.9. The molecule has 0 bridgehead atoms. The average molecular weight is 441 g/mol. The van der Waals surface area contributed by atoms with Crippen LogP contribution in [0.25, 0.3) is 0 Å². The van der Waals surface area contributed by atoms with Crippen molar-refractivity contribution in [3.05, 3.63) is 26.6 Å². The van der Waals surface area contributed by atoms with Crippen LogP contribution in [-0.4, -0.2) is 36.4 Å². The van der Waals surface area contributed by atoms with Gasteiger partial charge in [-0.3, -0.25) is 4.79 Å². The smallest absolute Gasteiger partial charge is 0.322 e. The molecule has 0 aromatic heterocycles. The molecule has 0 radical (unpaired) electrons. The van der Waals surface area contributed by atoms with E-state index < -0.39 is 22.0 Å². The molecule has 2 unspecified atom stereocenters. The Morgan fingerprint density at radius 1 is 1.33 bits per heavy atom. The zero-order valence-electron chi connectivity index (χ0n) is 11.5.